The molecule has 0 radical (unpaired) electrons. The van der Waals surface area contributed by atoms with E-state index in [9.17, 15) is 4.57 Å². The van der Waals surface area contributed by atoms with Crippen LogP contribution < -0.4 is 20.7 Å². The Morgan fingerprint density at radius 1 is 1.02 bits per heavy atom. The van der Waals surface area contributed by atoms with Gasteiger partial charge in [-0.15, -0.1) is 0 Å². The summed E-state index contributed by atoms with van der Waals surface area (Å²) in [5.74, 6) is 2.32. The molecule has 0 bridgehead atoms. The second kappa shape index (κ2) is 12.8. The molecule has 220 valence electrons. The van der Waals surface area contributed by atoms with Gasteiger partial charge in [0.05, 0.1) is 23.0 Å². The van der Waals surface area contributed by atoms with Crippen molar-refractivity contribution >= 4 is 51.5 Å². The van der Waals surface area contributed by atoms with Crippen LogP contribution in [0.5, 0.6) is 5.75 Å². The second-order valence-corrected chi connectivity index (χ2v) is 15.6. The Bertz CT molecular complexity index is 1430. The molecule has 2 aliphatic heterocycles. The normalized spacial score (nSPS) is 17.4. The predicted octanol–water partition coefficient (Wildman–Crippen LogP) is 6.96. The van der Waals surface area contributed by atoms with Gasteiger partial charge in [-0.05, 0) is 123 Å². The van der Waals surface area contributed by atoms with Crippen LogP contribution in [0.2, 0.25) is 0 Å². The highest BCUT2D eigenvalue weighted by Crippen LogP contribution is 2.40. The van der Waals surface area contributed by atoms with Gasteiger partial charge in [0.25, 0.3) is 0 Å². The fourth-order valence-corrected chi connectivity index (χ4v) is 7.51. The van der Waals surface area contributed by atoms with Crippen molar-refractivity contribution in [2.75, 3.05) is 57.4 Å². The smallest absolute Gasteiger partial charge is 0.229 e. The number of benzene rings is 2. The molecule has 10 heteroatoms. The molecule has 0 spiro atoms. The molecule has 2 fully saturated rings. The number of ether oxygens (including phenoxy) is 2. The van der Waals surface area contributed by atoms with Gasteiger partial charge in [0.15, 0.2) is 0 Å². The largest absolute Gasteiger partial charge is 0.495 e. The van der Waals surface area contributed by atoms with Crippen molar-refractivity contribution in [3.63, 3.8) is 0 Å². The van der Waals surface area contributed by atoms with E-state index in [1.807, 2.05) is 25.1 Å². The molecule has 0 aliphatic carbocycles. The average molecular weight is 643 g/mol. The Morgan fingerprint density at radius 2 is 1.76 bits per heavy atom. The van der Waals surface area contributed by atoms with Gasteiger partial charge in [0.2, 0.25) is 5.95 Å². The van der Waals surface area contributed by atoms with Crippen molar-refractivity contribution in [3.8, 4) is 5.75 Å². The molecule has 5 rings (SSSR count). The zero-order valence-electron chi connectivity index (χ0n) is 24.7. The first-order valence-electron chi connectivity index (χ1n) is 14.4. The molecule has 0 atom stereocenters. The summed E-state index contributed by atoms with van der Waals surface area (Å²) in [6.45, 7) is 11.8. The molecular weight excluding hydrogens is 601 g/mol. The first kappa shape index (κ1) is 30.0. The SMILES string of the molecule is COc1cc(C2CCN(C3CCOCC3)CC2)c(C)cc1Nc1ncc(Br)c(Nc2ccc(C)cc2P(C)(C)=O)n1. The Labute approximate surface area is 252 Å². The first-order chi connectivity index (χ1) is 19.6. The van der Waals surface area contributed by atoms with Crippen LogP contribution in [-0.4, -0.2) is 67.7 Å². The van der Waals surface area contributed by atoms with E-state index in [1.165, 1.54) is 11.1 Å². The van der Waals surface area contributed by atoms with Crippen molar-refractivity contribution in [1.29, 1.82) is 0 Å². The minimum Gasteiger partial charge on any atom is -0.495 e. The minimum atomic E-state index is -2.51. The number of piperidine rings is 1. The van der Waals surface area contributed by atoms with E-state index in [2.05, 4.69) is 55.5 Å². The van der Waals surface area contributed by atoms with Gasteiger partial charge >= 0.3 is 0 Å². The third kappa shape index (κ3) is 7.14. The highest BCUT2D eigenvalue weighted by atomic mass is 79.9. The summed E-state index contributed by atoms with van der Waals surface area (Å²) < 4.78 is 25.1. The molecule has 0 unspecified atom stereocenters. The van der Waals surface area contributed by atoms with Crippen molar-refractivity contribution in [2.45, 2.75) is 51.5 Å². The third-order valence-electron chi connectivity index (χ3n) is 8.24. The van der Waals surface area contributed by atoms with E-state index in [0.29, 0.717) is 28.2 Å². The zero-order chi connectivity index (χ0) is 29.1. The van der Waals surface area contributed by atoms with Crippen LogP contribution >= 0.6 is 23.1 Å². The van der Waals surface area contributed by atoms with Crippen molar-refractivity contribution < 1.29 is 14.0 Å². The number of hydrogen-bond acceptors (Lipinski definition) is 8. The van der Waals surface area contributed by atoms with E-state index < -0.39 is 7.14 Å². The highest BCUT2D eigenvalue weighted by Gasteiger charge is 2.28. The van der Waals surface area contributed by atoms with Crippen molar-refractivity contribution in [3.05, 3.63) is 57.7 Å². The number of methoxy groups -OCH3 is 1. The maximum Gasteiger partial charge on any atom is 0.229 e. The summed E-state index contributed by atoms with van der Waals surface area (Å²) in [5, 5.41) is 7.53. The number of nitrogens with one attached hydrogen (secondary N) is 2. The number of halogens is 1. The summed E-state index contributed by atoms with van der Waals surface area (Å²) in [7, 11) is -0.802. The Kier molecular flexibility index (Phi) is 9.39. The number of nitrogens with zero attached hydrogens (tertiary/aromatic N) is 3. The molecular formula is C31H41BrN5O3P. The maximum atomic E-state index is 13.0. The fourth-order valence-electron chi connectivity index (χ4n) is 5.99. The zero-order valence-corrected chi connectivity index (χ0v) is 27.1. The van der Waals surface area contributed by atoms with Gasteiger partial charge in [-0.1, -0.05) is 11.6 Å². The Morgan fingerprint density at radius 3 is 2.44 bits per heavy atom. The second-order valence-electron chi connectivity index (χ2n) is 11.6. The molecule has 0 amide bonds. The van der Waals surface area contributed by atoms with Gasteiger partial charge in [-0.2, -0.15) is 4.98 Å². The van der Waals surface area contributed by atoms with Crippen LogP contribution in [0.4, 0.5) is 23.1 Å². The van der Waals surface area contributed by atoms with Gasteiger partial charge in [-0.25, -0.2) is 4.98 Å². The number of rotatable bonds is 8. The molecule has 2 saturated heterocycles. The number of aryl methyl sites for hydroxylation is 2. The van der Waals surface area contributed by atoms with Gasteiger partial charge < -0.3 is 29.6 Å². The molecule has 2 aliphatic rings. The van der Waals surface area contributed by atoms with E-state index in [1.54, 1.807) is 26.6 Å². The van der Waals surface area contributed by atoms with E-state index in [-0.39, 0.29) is 0 Å². The third-order valence-corrected chi connectivity index (χ3v) is 10.4. The van der Waals surface area contributed by atoms with Crippen molar-refractivity contribution in [1.82, 2.24) is 14.9 Å². The van der Waals surface area contributed by atoms with Gasteiger partial charge in [0, 0.05) is 30.8 Å². The summed E-state index contributed by atoms with van der Waals surface area (Å²) in [4.78, 5) is 11.9. The van der Waals surface area contributed by atoms with E-state index in [4.69, 9.17) is 14.5 Å². The molecule has 3 aromatic rings. The van der Waals surface area contributed by atoms with Crippen LogP contribution in [0.15, 0.2) is 41.0 Å². The molecule has 3 heterocycles. The van der Waals surface area contributed by atoms with Crippen LogP contribution in [0.25, 0.3) is 0 Å². The molecule has 8 nitrogen and oxygen atoms in total. The number of likely N-dealkylation sites (tertiary alicyclic amines) is 1. The lowest BCUT2D eigenvalue weighted by Gasteiger charge is -2.39. The van der Waals surface area contributed by atoms with Gasteiger partial charge in [0.1, 0.15) is 18.7 Å². The predicted molar refractivity (Wildman–Crippen MR) is 172 cm³/mol. The van der Waals surface area contributed by atoms with Crippen LogP contribution in [-0.2, 0) is 9.30 Å². The fraction of sp³-hybridized carbons (Fsp3) is 0.484. The monoisotopic (exact) mass is 641 g/mol. The summed E-state index contributed by atoms with van der Waals surface area (Å²) in [6, 6.07) is 10.9. The molecule has 41 heavy (non-hydrogen) atoms. The first-order valence-corrected chi connectivity index (χ1v) is 17.7. The molecule has 2 aromatic carbocycles. The minimum absolute atomic E-state index is 0.441. The number of anilines is 4. The Balaban J connectivity index is 1.33. The standard InChI is InChI=1S/C31H41BrN5O3P/c1-20-6-7-26(29(16-20)41(4,5)38)34-30-25(32)19-33-31(36-30)35-27-17-21(2)24(18-28(27)39-3)22-8-12-37(13-9-22)23-10-14-40-15-11-23/h6-7,16-19,22-23H,8-15H2,1-5H3,(H2,33,34,35,36). The summed E-state index contributed by atoms with van der Waals surface area (Å²) in [6.07, 6.45) is 6.32. The van der Waals surface area contributed by atoms with Crippen LogP contribution in [0.1, 0.15) is 48.3 Å². The van der Waals surface area contributed by atoms with E-state index >= 15 is 0 Å². The molecule has 1 aromatic heterocycles. The summed E-state index contributed by atoms with van der Waals surface area (Å²) in [5.41, 5.74) is 5.25. The Hall–Kier alpha value is -2.45. The quantitative estimate of drug-likeness (QED) is 0.255. The highest BCUT2D eigenvalue weighted by molar-refractivity contribution is 9.10. The maximum absolute atomic E-state index is 13.0. The van der Waals surface area contributed by atoms with Crippen LogP contribution in [0, 0.1) is 13.8 Å². The van der Waals surface area contributed by atoms with Crippen molar-refractivity contribution in [2.24, 2.45) is 0 Å². The topological polar surface area (TPSA) is 88.6 Å². The number of hydrogen-bond donors (Lipinski definition) is 2. The van der Waals surface area contributed by atoms with E-state index in [0.717, 1.165) is 80.0 Å². The lowest BCUT2D eigenvalue weighted by atomic mass is 9.85. The molecule has 2 N–H and O–H groups in total. The summed E-state index contributed by atoms with van der Waals surface area (Å²) >= 11 is 3.57. The number of aromatic nitrogens is 2. The molecule has 0 saturated carbocycles. The van der Waals surface area contributed by atoms with Crippen LogP contribution in [0.3, 0.4) is 0 Å². The van der Waals surface area contributed by atoms with Gasteiger partial charge in [-0.3, -0.25) is 0 Å². The lowest BCUT2D eigenvalue weighted by molar-refractivity contribution is 0.0251. The lowest BCUT2D eigenvalue weighted by Crippen LogP contribution is -2.43. The average Bonchev–Trinajstić information content (AvgIpc) is 2.96.